The Labute approximate surface area is 137 Å². The quantitative estimate of drug-likeness (QED) is 0.861. The van der Waals surface area contributed by atoms with E-state index in [1.807, 2.05) is 0 Å². The van der Waals surface area contributed by atoms with Gasteiger partial charge in [-0.25, -0.2) is 9.18 Å². The van der Waals surface area contributed by atoms with Gasteiger partial charge >= 0.3 is 5.76 Å². The van der Waals surface area contributed by atoms with Crippen LogP contribution >= 0.6 is 0 Å². The molecule has 1 amide bonds. The van der Waals surface area contributed by atoms with Gasteiger partial charge in [0.1, 0.15) is 12.4 Å². The van der Waals surface area contributed by atoms with Crippen LogP contribution < -0.4 is 5.76 Å². The maximum Gasteiger partial charge on any atom is 0.442 e. The van der Waals surface area contributed by atoms with Gasteiger partial charge in [0.25, 0.3) is 0 Å². The minimum absolute atomic E-state index is 0.0497. The summed E-state index contributed by atoms with van der Waals surface area (Å²) in [7, 11) is 0. The van der Waals surface area contributed by atoms with Crippen molar-refractivity contribution in [2.45, 2.75) is 44.2 Å². The van der Waals surface area contributed by atoms with Crippen LogP contribution in [0.15, 0.2) is 33.6 Å². The molecule has 7 heteroatoms. The topological polar surface area (TPSA) is 68.3 Å². The lowest BCUT2D eigenvalue weighted by Crippen LogP contribution is -2.35. The zero-order valence-electron chi connectivity index (χ0n) is 13.2. The number of benzene rings is 1. The van der Waals surface area contributed by atoms with E-state index in [9.17, 15) is 14.0 Å². The Morgan fingerprint density at radius 2 is 2.00 bits per heavy atom. The molecular formula is C17H18FN3O3. The fourth-order valence-electron chi connectivity index (χ4n) is 3.38. The second-order valence-corrected chi connectivity index (χ2v) is 6.46. The van der Waals surface area contributed by atoms with E-state index in [1.54, 1.807) is 17.0 Å². The lowest BCUT2D eigenvalue weighted by Gasteiger charge is -2.25. The van der Waals surface area contributed by atoms with Crippen molar-refractivity contribution in [3.63, 3.8) is 0 Å². The molecular weight excluding hydrogens is 313 g/mol. The summed E-state index contributed by atoms with van der Waals surface area (Å²) in [5.41, 5.74) is 0.919. The molecule has 1 saturated carbocycles. The summed E-state index contributed by atoms with van der Waals surface area (Å²) in [5.74, 6) is -0.196. The maximum absolute atomic E-state index is 13.1. The largest absolute Gasteiger partial charge is 0.442 e. The molecule has 126 valence electrons. The van der Waals surface area contributed by atoms with Gasteiger partial charge in [-0.1, -0.05) is 17.3 Å². The smallest absolute Gasteiger partial charge is 0.334 e. The Balaban J connectivity index is 1.54. The number of likely N-dealkylation sites (tertiary alicyclic amines) is 1. The Morgan fingerprint density at radius 1 is 1.25 bits per heavy atom. The monoisotopic (exact) mass is 331 g/mol. The molecule has 1 aliphatic heterocycles. The molecule has 2 heterocycles. The summed E-state index contributed by atoms with van der Waals surface area (Å²) < 4.78 is 19.2. The summed E-state index contributed by atoms with van der Waals surface area (Å²) in [6, 6.07) is 6.18. The Hall–Kier alpha value is -2.44. The van der Waals surface area contributed by atoms with E-state index < -0.39 is 5.76 Å². The van der Waals surface area contributed by atoms with Crippen LogP contribution in [0.3, 0.4) is 0 Å². The van der Waals surface area contributed by atoms with E-state index in [0.717, 1.165) is 31.2 Å². The van der Waals surface area contributed by atoms with Crippen LogP contribution in [-0.2, 0) is 11.3 Å². The van der Waals surface area contributed by atoms with E-state index in [-0.39, 0.29) is 30.2 Å². The highest BCUT2D eigenvalue weighted by Gasteiger charge is 2.34. The van der Waals surface area contributed by atoms with Crippen molar-refractivity contribution in [3.8, 4) is 0 Å². The van der Waals surface area contributed by atoms with Gasteiger partial charge in [-0.3, -0.25) is 13.9 Å². The van der Waals surface area contributed by atoms with Crippen LogP contribution in [0.4, 0.5) is 4.39 Å². The van der Waals surface area contributed by atoms with Crippen molar-refractivity contribution in [2.75, 3.05) is 6.54 Å². The van der Waals surface area contributed by atoms with Gasteiger partial charge in [-0.15, -0.1) is 0 Å². The summed E-state index contributed by atoms with van der Waals surface area (Å²) in [5, 5.41) is 3.81. The molecule has 0 bridgehead atoms. The highest BCUT2D eigenvalue weighted by atomic mass is 19.1. The first-order valence-corrected chi connectivity index (χ1v) is 8.25. The highest BCUT2D eigenvalue weighted by molar-refractivity contribution is 5.77. The molecule has 2 fully saturated rings. The standard InChI is InChI=1S/C17H18FN3O3/c18-13-7-5-11(6-8-13)14-2-1-9-20(14)15(22)10-21-16(12-3-4-12)19-24-17(21)23/h5-8,12,14H,1-4,9-10H2. The van der Waals surface area contributed by atoms with Crippen molar-refractivity contribution in [1.82, 2.24) is 14.6 Å². The number of amides is 1. The normalized spacial score (nSPS) is 20.5. The zero-order valence-corrected chi connectivity index (χ0v) is 13.2. The second-order valence-electron chi connectivity index (χ2n) is 6.46. The van der Waals surface area contributed by atoms with Gasteiger partial charge < -0.3 is 4.90 Å². The van der Waals surface area contributed by atoms with Crippen LogP contribution in [0.1, 0.15) is 49.0 Å². The van der Waals surface area contributed by atoms with Gasteiger partial charge in [-0.05, 0) is 43.4 Å². The fourth-order valence-corrected chi connectivity index (χ4v) is 3.38. The second kappa shape index (κ2) is 5.89. The Morgan fingerprint density at radius 3 is 2.71 bits per heavy atom. The number of aromatic nitrogens is 2. The van der Waals surface area contributed by atoms with Crippen molar-refractivity contribution in [2.24, 2.45) is 0 Å². The van der Waals surface area contributed by atoms with E-state index >= 15 is 0 Å². The molecule has 4 rings (SSSR count). The molecule has 0 radical (unpaired) electrons. The molecule has 1 unspecified atom stereocenters. The van der Waals surface area contributed by atoms with Crippen molar-refractivity contribution >= 4 is 5.91 Å². The summed E-state index contributed by atoms with van der Waals surface area (Å²) >= 11 is 0. The number of carbonyl (C=O) groups is 1. The SMILES string of the molecule is O=C(Cn1c(C2CC2)noc1=O)N1CCCC1c1ccc(F)cc1. The lowest BCUT2D eigenvalue weighted by atomic mass is 10.0. The lowest BCUT2D eigenvalue weighted by molar-refractivity contribution is -0.132. The molecule has 1 atom stereocenters. The van der Waals surface area contributed by atoms with Crippen molar-refractivity contribution in [3.05, 3.63) is 52.0 Å². The zero-order chi connectivity index (χ0) is 16.7. The van der Waals surface area contributed by atoms with E-state index in [2.05, 4.69) is 5.16 Å². The van der Waals surface area contributed by atoms with Crippen LogP contribution in [-0.4, -0.2) is 27.1 Å². The summed E-state index contributed by atoms with van der Waals surface area (Å²) in [4.78, 5) is 26.3. The average molecular weight is 331 g/mol. The number of nitrogens with zero attached hydrogens (tertiary/aromatic N) is 3. The molecule has 1 aromatic heterocycles. The van der Waals surface area contributed by atoms with Crippen LogP contribution in [0, 0.1) is 5.82 Å². The van der Waals surface area contributed by atoms with Crippen LogP contribution in [0.2, 0.25) is 0 Å². The molecule has 2 aromatic rings. The number of rotatable bonds is 4. The van der Waals surface area contributed by atoms with Gasteiger partial charge in [-0.2, -0.15) is 0 Å². The fraction of sp³-hybridized carbons (Fsp3) is 0.471. The van der Waals surface area contributed by atoms with Gasteiger partial charge in [0.05, 0.1) is 6.04 Å². The first-order chi connectivity index (χ1) is 11.6. The molecule has 0 spiro atoms. The van der Waals surface area contributed by atoms with Crippen LogP contribution in [0.5, 0.6) is 0 Å². The van der Waals surface area contributed by atoms with Gasteiger partial charge in [0.15, 0.2) is 5.82 Å². The van der Waals surface area contributed by atoms with E-state index in [4.69, 9.17) is 4.52 Å². The van der Waals surface area contributed by atoms with Gasteiger partial charge in [0.2, 0.25) is 5.91 Å². The third-order valence-corrected chi connectivity index (χ3v) is 4.78. The number of hydrogen-bond acceptors (Lipinski definition) is 4. The molecule has 1 saturated heterocycles. The predicted octanol–water partition coefficient (Wildman–Crippen LogP) is 2.22. The Kier molecular flexibility index (Phi) is 3.70. The number of halogens is 1. The molecule has 2 aliphatic rings. The van der Waals surface area contributed by atoms with E-state index in [1.165, 1.54) is 16.7 Å². The summed E-state index contributed by atoms with van der Waals surface area (Å²) in [6.45, 7) is 0.589. The molecule has 1 aliphatic carbocycles. The first kappa shape index (κ1) is 15.1. The third-order valence-electron chi connectivity index (χ3n) is 4.78. The molecule has 0 N–H and O–H groups in total. The van der Waals surface area contributed by atoms with E-state index in [0.29, 0.717) is 12.4 Å². The molecule has 6 nitrogen and oxygen atoms in total. The maximum atomic E-state index is 13.1. The molecule has 24 heavy (non-hydrogen) atoms. The number of carbonyl (C=O) groups excluding carboxylic acids is 1. The Bertz CT molecular complexity index is 807. The number of hydrogen-bond donors (Lipinski definition) is 0. The average Bonchev–Trinajstić information content (AvgIpc) is 3.18. The predicted molar refractivity (Wildman–Crippen MR) is 82.8 cm³/mol. The van der Waals surface area contributed by atoms with Gasteiger partial charge in [0, 0.05) is 12.5 Å². The third kappa shape index (κ3) is 2.74. The minimum Gasteiger partial charge on any atom is -0.334 e. The summed E-state index contributed by atoms with van der Waals surface area (Å²) in [6.07, 6.45) is 3.68. The van der Waals surface area contributed by atoms with Crippen molar-refractivity contribution in [1.29, 1.82) is 0 Å². The first-order valence-electron chi connectivity index (χ1n) is 8.25. The minimum atomic E-state index is -0.581. The van der Waals surface area contributed by atoms with Crippen LogP contribution in [0.25, 0.3) is 0 Å². The highest BCUT2D eigenvalue weighted by Crippen LogP contribution is 2.38. The van der Waals surface area contributed by atoms with Crippen molar-refractivity contribution < 1.29 is 13.7 Å². The molecule has 1 aromatic carbocycles.